The van der Waals surface area contributed by atoms with Crippen molar-refractivity contribution in [3.05, 3.63) is 29.0 Å². The van der Waals surface area contributed by atoms with Gasteiger partial charge in [0.25, 0.3) is 5.91 Å². The van der Waals surface area contributed by atoms with Gasteiger partial charge in [0.1, 0.15) is 10.9 Å². The number of hydrogen-bond acceptors (Lipinski definition) is 5. The van der Waals surface area contributed by atoms with Gasteiger partial charge in [-0.2, -0.15) is 0 Å². The number of nitrogens with one attached hydrogen (secondary N) is 1. The van der Waals surface area contributed by atoms with Gasteiger partial charge in [-0.05, 0) is 45.0 Å². The van der Waals surface area contributed by atoms with Crippen LogP contribution in [-0.4, -0.2) is 35.2 Å². The summed E-state index contributed by atoms with van der Waals surface area (Å²) < 4.78 is 5.60. The predicted octanol–water partition coefficient (Wildman–Crippen LogP) is 2.46. The van der Waals surface area contributed by atoms with Crippen LogP contribution in [-0.2, 0) is 0 Å². The van der Waals surface area contributed by atoms with Crippen LogP contribution in [0.25, 0.3) is 10.8 Å². The van der Waals surface area contributed by atoms with Crippen molar-refractivity contribution in [3.8, 4) is 11.5 Å². The number of hydrogen-bond donors (Lipinski definition) is 3. The fraction of sp³-hybridized carbons (Fsp3) is 0.375. The number of benzene rings is 1. The molecule has 0 saturated heterocycles. The minimum atomic E-state index is -0.484. The van der Waals surface area contributed by atoms with Gasteiger partial charge in [-0.1, -0.05) is 11.6 Å². The molecule has 2 aromatic rings. The maximum Gasteiger partial charge on any atom is 0.273 e. The van der Waals surface area contributed by atoms with E-state index >= 15 is 0 Å². The lowest BCUT2D eigenvalue weighted by molar-refractivity contribution is 0.0946. The van der Waals surface area contributed by atoms with E-state index in [0.29, 0.717) is 36.0 Å². The molecule has 0 spiro atoms. The Morgan fingerprint density at radius 2 is 2.17 bits per heavy atom. The molecule has 1 heterocycles. The van der Waals surface area contributed by atoms with Crippen molar-refractivity contribution >= 4 is 28.3 Å². The second-order valence-electron chi connectivity index (χ2n) is 5.37. The van der Waals surface area contributed by atoms with Gasteiger partial charge in [0.15, 0.2) is 11.4 Å². The molecule has 0 aliphatic rings. The first-order valence-electron chi connectivity index (χ1n) is 7.41. The molecule has 0 aliphatic carbocycles. The number of amides is 1. The molecule has 2 rings (SSSR count). The minimum Gasteiger partial charge on any atom is -0.505 e. The van der Waals surface area contributed by atoms with E-state index in [1.54, 1.807) is 18.2 Å². The maximum absolute atomic E-state index is 12.1. The molecule has 124 valence electrons. The predicted molar refractivity (Wildman–Crippen MR) is 90.2 cm³/mol. The van der Waals surface area contributed by atoms with E-state index in [9.17, 15) is 9.90 Å². The number of carbonyl (C=O) groups is 1. The Bertz CT molecular complexity index is 719. The standard InChI is InChI=1S/C16H20ClN3O3/c1-9(2)23-10-4-5-11-12(8-10)15(17)20-13(14(11)21)16(22)19-7-3-6-18/h4-5,8-9,21H,3,6-7,18H2,1-2H3,(H,19,22). The van der Waals surface area contributed by atoms with Crippen molar-refractivity contribution in [2.24, 2.45) is 5.73 Å². The molecule has 7 heteroatoms. The molecule has 0 radical (unpaired) electrons. The van der Waals surface area contributed by atoms with E-state index in [1.165, 1.54) is 0 Å². The molecular formula is C16H20ClN3O3. The Balaban J connectivity index is 2.39. The lowest BCUT2D eigenvalue weighted by atomic mass is 10.1. The third kappa shape index (κ3) is 4.03. The third-order valence-electron chi connectivity index (χ3n) is 3.16. The van der Waals surface area contributed by atoms with Crippen molar-refractivity contribution in [3.63, 3.8) is 0 Å². The van der Waals surface area contributed by atoms with Crippen LogP contribution < -0.4 is 15.8 Å². The number of nitrogens with two attached hydrogens (primary N) is 1. The van der Waals surface area contributed by atoms with Gasteiger partial charge in [-0.3, -0.25) is 4.79 Å². The quantitative estimate of drug-likeness (QED) is 0.555. The molecule has 4 N–H and O–H groups in total. The molecule has 0 saturated carbocycles. The Labute approximate surface area is 139 Å². The van der Waals surface area contributed by atoms with Gasteiger partial charge in [-0.25, -0.2) is 4.98 Å². The summed E-state index contributed by atoms with van der Waals surface area (Å²) in [4.78, 5) is 16.1. The van der Waals surface area contributed by atoms with Crippen LogP contribution in [0.3, 0.4) is 0 Å². The summed E-state index contributed by atoms with van der Waals surface area (Å²) in [6, 6.07) is 5.07. The fourth-order valence-electron chi connectivity index (χ4n) is 2.13. The molecule has 1 amide bonds. The van der Waals surface area contributed by atoms with Gasteiger partial charge in [0.05, 0.1) is 6.10 Å². The van der Waals surface area contributed by atoms with Crippen LogP contribution in [0.15, 0.2) is 18.2 Å². The van der Waals surface area contributed by atoms with Gasteiger partial charge >= 0.3 is 0 Å². The zero-order valence-corrected chi connectivity index (χ0v) is 13.9. The van der Waals surface area contributed by atoms with Crippen molar-refractivity contribution < 1.29 is 14.6 Å². The van der Waals surface area contributed by atoms with Crippen molar-refractivity contribution in [1.29, 1.82) is 0 Å². The van der Waals surface area contributed by atoms with E-state index in [-0.39, 0.29) is 22.7 Å². The van der Waals surface area contributed by atoms with E-state index in [0.717, 1.165) is 0 Å². The Morgan fingerprint density at radius 1 is 1.43 bits per heavy atom. The van der Waals surface area contributed by atoms with Crippen LogP contribution in [0.2, 0.25) is 5.15 Å². The molecule has 23 heavy (non-hydrogen) atoms. The van der Waals surface area contributed by atoms with E-state index in [2.05, 4.69) is 10.3 Å². The average Bonchev–Trinajstić information content (AvgIpc) is 2.50. The van der Waals surface area contributed by atoms with Crippen LogP contribution in [0.5, 0.6) is 11.5 Å². The Morgan fingerprint density at radius 3 is 2.83 bits per heavy atom. The zero-order chi connectivity index (χ0) is 17.0. The first kappa shape index (κ1) is 17.3. The molecule has 1 aromatic carbocycles. The monoisotopic (exact) mass is 337 g/mol. The van der Waals surface area contributed by atoms with E-state index in [1.807, 2.05) is 13.8 Å². The summed E-state index contributed by atoms with van der Waals surface area (Å²) in [7, 11) is 0. The summed E-state index contributed by atoms with van der Waals surface area (Å²) in [5.41, 5.74) is 5.28. The van der Waals surface area contributed by atoms with Crippen molar-refractivity contribution in [1.82, 2.24) is 10.3 Å². The summed E-state index contributed by atoms with van der Waals surface area (Å²) in [6.45, 7) is 4.71. The number of nitrogens with zero attached hydrogens (tertiary/aromatic N) is 1. The van der Waals surface area contributed by atoms with Gasteiger partial charge < -0.3 is 20.9 Å². The number of fused-ring (bicyclic) bond motifs is 1. The normalized spacial score (nSPS) is 11.0. The number of rotatable bonds is 6. The van der Waals surface area contributed by atoms with Gasteiger partial charge in [-0.15, -0.1) is 0 Å². The third-order valence-corrected chi connectivity index (χ3v) is 3.44. The molecule has 0 unspecified atom stereocenters. The molecule has 0 aliphatic heterocycles. The Hall–Kier alpha value is -2.05. The van der Waals surface area contributed by atoms with Gasteiger partial charge in [0, 0.05) is 17.3 Å². The smallest absolute Gasteiger partial charge is 0.273 e. The second kappa shape index (κ2) is 7.48. The van der Waals surface area contributed by atoms with E-state index < -0.39 is 5.91 Å². The SMILES string of the molecule is CC(C)Oc1ccc2c(O)c(C(=O)NCCCN)nc(Cl)c2c1. The van der Waals surface area contributed by atoms with Crippen LogP contribution in [0.4, 0.5) is 0 Å². The lowest BCUT2D eigenvalue weighted by Gasteiger charge is -2.13. The molecule has 1 aromatic heterocycles. The molecule has 0 atom stereocenters. The maximum atomic E-state index is 12.1. The topological polar surface area (TPSA) is 97.5 Å². The number of aromatic nitrogens is 1. The number of carbonyl (C=O) groups excluding carboxylic acids is 1. The second-order valence-corrected chi connectivity index (χ2v) is 5.73. The highest BCUT2D eigenvalue weighted by Gasteiger charge is 2.18. The largest absolute Gasteiger partial charge is 0.505 e. The first-order valence-corrected chi connectivity index (χ1v) is 7.79. The number of aromatic hydroxyl groups is 1. The van der Waals surface area contributed by atoms with E-state index in [4.69, 9.17) is 22.1 Å². The summed E-state index contributed by atoms with van der Waals surface area (Å²) in [6.07, 6.45) is 0.657. The number of ether oxygens (including phenoxy) is 1. The highest BCUT2D eigenvalue weighted by Crippen LogP contribution is 2.34. The molecule has 6 nitrogen and oxygen atoms in total. The first-order chi connectivity index (χ1) is 10.9. The molecule has 0 bridgehead atoms. The summed E-state index contributed by atoms with van der Waals surface area (Å²) >= 11 is 6.17. The highest BCUT2D eigenvalue weighted by atomic mass is 35.5. The lowest BCUT2D eigenvalue weighted by Crippen LogP contribution is -2.27. The average molecular weight is 338 g/mol. The molecular weight excluding hydrogens is 318 g/mol. The highest BCUT2D eigenvalue weighted by molar-refractivity contribution is 6.35. The van der Waals surface area contributed by atoms with Crippen LogP contribution >= 0.6 is 11.6 Å². The zero-order valence-electron chi connectivity index (χ0n) is 13.1. The minimum absolute atomic E-state index is 0.0142. The molecule has 0 fully saturated rings. The van der Waals surface area contributed by atoms with Crippen molar-refractivity contribution in [2.45, 2.75) is 26.4 Å². The Kier molecular flexibility index (Phi) is 5.63. The fourth-order valence-corrected chi connectivity index (χ4v) is 2.37. The number of pyridine rings is 1. The summed E-state index contributed by atoms with van der Waals surface area (Å²) in [5.74, 6) is -0.0660. The number of halogens is 1. The van der Waals surface area contributed by atoms with Crippen LogP contribution in [0, 0.1) is 0 Å². The van der Waals surface area contributed by atoms with Crippen LogP contribution in [0.1, 0.15) is 30.8 Å². The van der Waals surface area contributed by atoms with Gasteiger partial charge in [0.2, 0.25) is 0 Å². The summed E-state index contributed by atoms with van der Waals surface area (Å²) in [5, 5.41) is 14.1. The van der Waals surface area contributed by atoms with Crippen molar-refractivity contribution in [2.75, 3.05) is 13.1 Å².